The minimum atomic E-state index is -0.148. The molecule has 0 bridgehead atoms. The summed E-state index contributed by atoms with van der Waals surface area (Å²) >= 11 is 0. The van der Waals surface area contributed by atoms with Gasteiger partial charge in [-0.3, -0.25) is 4.79 Å². The second kappa shape index (κ2) is 4.96. The van der Waals surface area contributed by atoms with E-state index in [-0.39, 0.29) is 5.41 Å². The molecule has 0 heterocycles. The molecule has 1 aliphatic carbocycles. The molecule has 17 heavy (non-hydrogen) atoms. The van der Waals surface area contributed by atoms with E-state index >= 15 is 0 Å². The summed E-state index contributed by atoms with van der Waals surface area (Å²) < 4.78 is 0. The van der Waals surface area contributed by atoms with Gasteiger partial charge in [-0.1, -0.05) is 39.3 Å². The van der Waals surface area contributed by atoms with Gasteiger partial charge in [-0.25, -0.2) is 0 Å². The molecule has 1 nitrogen and oxygen atoms in total. The van der Waals surface area contributed by atoms with Crippen LogP contribution in [0.25, 0.3) is 0 Å². The average molecular weight is 236 g/mol. The Labute approximate surface area is 107 Å². The number of carbonyl (C=O) groups excluding carboxylic acids is 1. The van der Waals surface area contributed by atoms with Crippen LogP contribution in [0.2, 0.25) is 0 Å². The molecule has 0 aliphatic heterocycles. The molecule has 0 spiro atoms. The van der Waals surface area contributed by atoms with Gasteiger partial charge in [0.15, 0.2) is 0 Å². The molecule has 98 valence electrons. The topological polar surface area (TPSA) is 17.1 Å². The van der Waals surface area contributed by atoms with E-state index in [0.717, 1.165) is 12.3 Å². The highest BCUT2D eigenvalue weighted by atomic mass is 16.1. The monoisotopic (exact) mass is 236 g/mol. The van der Waals surface area contributed by atoms with Crippen LogP contribution in [0.4, 0.5) is 0 Å². The minimum Gasteiger partial charge on any atom is -0.299 e. The van der Waals surface area contributed by atoms with Crippen molar-refractivity contribution >= 4 is 5.78 Å². The van der Waals surface area contributed by atoms with Crippen molar-refractivity contribution in [3.05, 3.63) is 11.6 Å². The quantitative estimate of drug-likeness (QED) is 0.643. The molecule has 0 saturated carbocycles. The fourth-order valence-electron chi connectivity index (χ4n) is 2.66. The number of Topliss-reactive ketones (excluding diaryl/α,β-unsaturated/α-hetero) is 1. The molecule has 0 aromatic carbocycles. The number of ketones is 1. The lowest BCUT2D eigenvalue weighted by molar-refractivity contribution is -0.125. The van der Waals surface area contributed by atoms with Gasteiger partial charge in [-0.05, 0) is 50.9 Å². The molecule has 1 rings (SSSR count). The maximum absolute atomic E-state index is 11.6. The summed E-state index contributed by atoms with van der Waals surface area (Å²) in [5.41, 5.74) is 1.69. The molecule has 1 aliphatic rings. The Morgan fingerprint density at radius 3 is 2.59 bits per heavy atom. The van der Waals surface area contributed by atoms with Crippen LogP contribution in [0, 0.1) is 16.7 Å². The first-order chi connectivity index (χ1) is 7.68. The molecular weight excluding hydrogens is 208 g/mol. The Morgan fingerprint density at radius 1 is 1.47 bits per heavy atom. The smallest absolute Gasteiger partial charge is 0.135 e. The minimum absolute atomic E-state index is 0.148. The van der Waals surface area contributed by atoms with Gasteiger partial charge < -0.3 is 0 Å². The predicted molar refractivity (Wildman–Crippen MR) is 74.0 cm³/mol. The number of allylic oxidation sites excluding steroid dienone is 2. The average Bonchev–Trinajstić information content (AvgIpc) is 2.20. The Morgan fingerprint density at radius 2 is 2.06 bits per heavy atom. The van der Waals surface area contributed by atoms with Crippen molar-refractivity contribution in [1.82, 2.24) is 0 Å². The largest absolute Gasteiger partial charge is 0.299 e. The van der Waals surface area contributed by atoms with E-state index in [0.29, 0.717) is 11.2 Å². The van der Waals surface area contributed by atoms with Crippen molar-refractivity contribution in [2.24, 2.45) is 16.7 Å². The highest BCUT2D eigenvalue weighted by Gasteiger charge is 2.34. The van der Waals surface area contributed by atoms with Crippen LogP contribution in [-0.2, 0) is 4.79 Å². The van der Waals surface area contributed by atoms with E-state index < -0.39 is 0 Å². The first-order valence-corrected chi connectivity index (χ1v) is 6.86. The van der Waals surface area contributed by atoms with Crippen LogP contribution in [0.3, 0.4) is 0 Å². The number of rotatable bonds is 4. The molecule has 1 atom stereocenters. The molecule has 0 saturated heterocycles. The van der Waals surface area contributed by atoms with Crippen LogP contribution < -0.4 is 0 Å². The number of hydrogen-bond acceptors (Lipinski definition) is 1. The third-order valence-corrected chi connectivity index (χ3v) is 5.07. The lowest BCUT2D eigenvalue weighted by Gasteiger charge is -2.40. The highest BCUT2D eigenvalue weighted by molar-refractivity contribution is 5.81. The van der Waals surface area contributed by atoms with Crippen LogP contribution in [0.15, 0.2) is 11.6 Å². The molecule has 0 radical (unpaired) electrons. The third-order valence-electron chi connectivity index (χ3n) is 5.07. The lowest BCUT2D eigenvalue weighted by atomic mass is 9.65. The zero-order valence-corrected chi connectivity index (χ0v) is 12.4. The summed E-state index contributed by atoms with van der Waals surface area (Å²) in [4.78, 5) is 11.6. The Balaban J connectivity index is 2.65. The molecular formula is C16H28O. The standard InChI is InChI=1S/C16H28O/c1-12-8-7-9-14(16(12,5)6)10-11-15(3,4)13(2)17/h8,14H,7,9-11H2,1-6H3. The molecule has 0 N–H and O–H groups in total. The fourth-order valence-corrected chi connectivity index (χ4v) is 2.66. The summed E-state index contributed by atoms with van der Waals surface area (Å²) in [6, 6.07) is 0. The van der Waals surface area contributed by atoms with Gasteiger partial charge in [-0.2, -0.15) is 0 Å². The first kappa shape index (κ1) is 14.5. The van der Waals surface area contributed by atoms with Crippen molar-refractivity contribution in [1.29, 1.82) is 0 Å². The van der Waals surface area contributed by atoms with Crippen molar-refractivity contribution in [2.75, 3.05) is 0 Å². The molecule has 0 aromatic heterocycles. The van der Waals surface area contributed by atoms with Gasteiger partial charge in [0.2, 0.25) is 0 Å². The van der Waals surface area contributed by atoms with Crippen LogP contribution in [-0.4, -0.2) is 5.78 Å². The number of hydrogen-bond donors (Lipinski definition) is 0. The second-order valence-corrected chi connectivity index (χ2v) is 6.86. The van der Waals surface area contributed by atoms with E-state index in [4.69, 9.17) is 0 Å². The summed E-state index contributed by atoms with van der Waals surface area (Å²) in [6.45, 7) is 12.8. The Kier molecular flexibility index (Phi) is 4.22. The zero-order valence-electron chi connectivity index (χ0n) is 12.4. The van der Waals surface area contributed by atoms with Crippen LogP contribution >= 0.6 is 0 Å². The van der Waals surface area contributed by atoms with E-state index in [1.807, 2.05) is 0 Å². The maximum atomic E-state index is 11.6. The highest BCUT2D eigenvalue weighted by Crippen LogP contribution is 2.45. The summed E-state index contributed by atoms with van der Waals surface area (Å²) in [7, 11) is 0. The predicted octanol–water partition coefficient (Wildman–Crippen LogP) is 4.76. The van der Waals surface area contributed by atoms with Crippen molar-refractivity contribution in [3.63, 3.8) is 0 Å². The second-order valence-electron chi connectivity index (χ2n) is 6.86. The molecule has 1 unspecified atom stereocenters. The van der Waals surface area contributed by atoms with Crippen LogP contribution in [0.1, 0.15) is 67.2 Å². The summed E-state index contributed by atoms with van der Waals surface area (Å²) in [5.74, 6) is 1.05. The lowest BCUT2D eigenvalue weighted by Crippen LogP contribution is -2.30. The van der Waals surface area contributed by atoms with Gasteiger partial charge >= 0.3 is 0 Å². The van der Waals surface area contributed by atoms with Crippen molar-refractivity contribution in [3.8, 4) is 0 Å². The van der Waals surface area contributed by atoms with Gasteiger partial charge in [0.05, 0.1) is 0 Å². The van der Waals surface area contributed by atoms with E-state index in [1.54, 1.807) is 6.92 Å². The summed E-state index contributed by atoms with van der Waals surface area (Å²) in [5, 5.41) is 0. The van der Waals surface area contributed by atoms with Gasteiger partial charge in [-0.15, -0.1) is 0 Å². The van der Waals surface area contributed by atoms with Gasteiger partial charge in [0.1, 0.15) is 5.78 Å². The van der Waals surface area contributed by atoms with E-state index in [1.165, 1.54) is 24.8 Å². The number of carbonyl (C=O) groups is 1. The maximum Gasteiger partial charge on any atom is 0.135 e. The molecule has 0 fully saturated rings. The summed E-state index contributed by atoms with van der Waals surface area (Å²) in [6.07, 6.45) is 7.06. The molecule has 0 aromatic rings. The Hall–Kier alpha value is -0.590. The normalized spacial score (nSPS) is 24.4. The SMILES string of the molecule is CC(=O)C(C)(C)CCC1CCC=C(C)C1(C)C. The molecule has 1 heteroatoms. The zero-order chi connectivity index (χ0) is 13.3. The van der Waals surface area contributed by atoms with Crippen molar-refractivity contribution < 1.29 is 4.79 Å². The van der Waals surface area contributed by atoms with Crippen LogP contribution in [0.5, 0.6) is 0 Å². The van der Waals surface area contributed by atoms with Gasteiger partial charge in [0, 0.05) is 5.41 Å². The van der Waals surface area contributed by atoms with E-state index in [2.05, 4.69) is 40.7 Å². The molecule has 0 amide bonds. The van der Waals surface area contributed by atoms with Gasteiger partial charge in [0.25, 0.3) is 0 Å². The Bertz CT molecular complexity index is 320. The van der Waals surface area contributed by atoms with E-state index in [9.17, 15) is 4.79 Å². The fraction of sp³-hybridized carbons (Fsp3) is 0.812. The third kappa shape index (κ3) is 3.20. The first-order valence-electron chi connectivity index (χ1n) is 6.86. The van der Waals surface area contributed by atoms with Crippen molar-refractivity contribution in [2.45, 2.75) is 67.2 Å².